The smallest absolute Gasteiger partial charge is 0.450 e. The summed E-state index contributed by atoms with van der Waals surface area (Å²) in [6.07, 6.45) is -1.83. The number of hydrogen-bond acceptors (Lipinski definition) is 3. The molecule has 44 valence electrons. The monoisotopic (exact) mass is 148 g/mol. The van der Waals surface area contributed by atoms with E-state index in [4.69, 9.17) is 15.0 Å². The van der Waals surface area contributed by atoms with E-state index in [0.717, 1.165) is 0 Å². The van der Waals surface area contributed by atoms with Gasteiger partial charge in [0.2, 0.25) is 33.0 Å². The Balaban J connectivity index is -0.0000000542. The summed E-state index contributed by atoms with van der Waals surface area (Å²) >= 11 is 3.83. The van der Waals surface area contributed by atoms with Crippen molar-refractivity contribution in [1.82, 2.24) is 0 Å². The molecule has 0 saturated heterocycles. The number of hydrogen-bond donors (Lipinski definition) is 4. The highest BCUT2D eigenvalue weighted by atomic mass is 27.1. The highest BCUT2D eigenvalue weighted by Gasteiger charge is 1.70. The van der Waals surface area contributed by atoms with Crippen molar-refractivity contribution in [3.05, 3.63) is 0 Å². The van der Waals surface area contributed by atoms with Crippen LogP contribution in [0.4, 0.5) is 4.79 Å². The van der Waals surface area contributed by atoms with Crippen molar-refractivity contribution in [2.45, 2.75) is 0 Å². The standard InChI is InChI=1S/CH2O3.2Al.2H2N/c2-1(3)4;;;;/h(H2,2,3,4);;;2*1H2/q;2*+1;2*-1. The zero-order chi connectivity index (χ0) is 7.58. The molecule has 0 heterocycles. The van der Waals surface area contributed by atoms with Gasteiger partial charge in [0.15, 0.2) is 0 Å². The van der Waals surface area contributed by atoms with Gasteiger partial charge in [0, 0.05) is 0 Å². The molecule has 5 nitrogen and oxygen atoms in total. The van der Waals surface area contributed by atoms with Crippen molar-refractivity contribution in [3.8, 4) is 0 Å². The molecule has 0 aromatic carbocycles. The molecule has 0 aliphatic carbocycles. The molecule has 0 aromatic rings. The average Bonchev–Trinajstić information content (AvgIpc) is 1.75. The topological polar surface area (TPSA) is 110 Å². The van der Waals surface area contributed by atoms with Crippen LogP contribution in [0.25, 0.3) is 0 Å². The van der Waals surface area contributed by atoms with Gasteiger partial charge in [-0.05, 0) is 0 Å². The Hall–Kier alpha value is 0.255. The van der Waals surface area contributed by atoms with E-state index >= 15 is 0 Å². The van der Waals surface area contributed by atoms with Crippen LogP contribution in [-0.4, -0.2) is 49.4 Å². The summed E-state index contributed by atoms with van der Waals surface area (Å²) in [5.74, 6) is 0. The molecular weight excluding hydrogens is 142 g/mol. The fourth-order valence-corrected chi connectivity index (χ4v) is 0. The maximum atomic E-state index is 8.56. The van der Waals surface area contributed by atoms with Gasteiger partial charge >= 0.3 is 6.16 Å². The van der Waals surface area contributed by atoms with E-state index in [1.807, 2.05) is 33.0 Å². The molecular formula is CH6Al2N2O3. The normalized spacial score (nSPS) is 4.25. The minimum absolute atomic E-state index is 1.83. The average molecular weight is 148 g/mol. The third-order valence-electron chi connectivity index (χ3n) is 0. The first-order valence-corrected chi connectivity index (χ1v) is 2.65. The highest BCUT2D eigenvalue weighted by molar-refractivity contribution is 6.02. The van der Waals surface area contributed by atoms with Gasteiger partial charge in [-0.25, -0.2) is 4.79 Å². The SMILES string of the molecule is O=C(O)O.[NH2][Al].[NH2][Al]. The molecule has 0 amide bonds. The molecule has 0 bridgehead atoms. The summed E-state index contributed by atoms with van der Waals surface area (Å²) in [6.45, 7) is 0. The van der Waals surface area contributed by atoms with Crippen molar-refractivity contribution in [1.29, 1.82) is 0 Å². The highest BCUT2D eigenvalue weighted by Crippen LogP contribution is 1.42. The Morgan fingerprint density at radius 3 is 1.12 bits per heavy atom. The van der Waals surface area contributed by atoms with E-state index < -0.39 is 6.16 Å². The van der Waals surface area contributed by atoms with Crippen LogP contribution in [0.2, 0.25) is 0 Å². The van der Waals surface area contributed by atoms with E-state index in [9.17, 15) is 0 Å². The van der Waals surface area contributed by atoms with Gasteiger partial charge in [-0.1, -0.05) is 0 Å². The Labute approximate surface area is 63.9 Å². The first-order valence-electron chi connectivity index (χ1n) is 1.32. The van der Waals surface area contributed by atoms with Crippen LogP contribution in [0.1, 0.15) is 0 Å². The summed E-state index contributed by atoms with van der Waals surface area (Å²) in [5.41, 5.74) is 0. The zero-order valence-electron chi connectivity index (χ0n) is 4.11. The van der Waals surface area contributed by atoms with Crippen molar-refractivity contribution in [3.63, 3.8) is 0 Å². The fraction of sp³-hybridized carbons (Fsp3) is 0. The quantitative estimate of drug-likeness (QED) is 0.305. The van der Waals surface area contributed by atoms with Gasteiger partial charge in [-0.3, -0.25) is 0 Å². The predicted molar refractivity (Wildman–Crippen MR) is 30.5 cm³/mol. The minimum atomic E-state index is -1.83. The molecule has 0 aliphatic heterocycles. The first kappa shape index (κ1) is 15.7. The second kappa shape index (κ2) is 26.8. The summed E-state index contributed by atoms with van der Waals surface area (Å²) in [7, 11) is 0. The van der Waals surface area contributed by atoms with Crippen LogP contribution in [0.3, 0.4) is 0 Å². The van der Waals surface area contributed by atoms with E-state index in [-0.39, 0.29) is 0 Å². The van der Waals surface area contributed by atoms with Crippen molar-refractivity contribution < 1.29 is 15.0 Å². The zero-order valence-corrected chi connectivity index (χ0v) is 6.42. The lowest BCUT2D eigenvalue weighted by Gasteiger charge is -1.60. The van der Waals surface area contributed by atoms with Gasteiger partial charge in [0.25, 0.3) is 0 Å². The first-order chi connectivity index (χ1) is 3.73. The lowest BCUT2D eigenvalue weighted by atomic mass is 11.5. The van der Waals surface area contributed by atoms with E-state index in [1.54, 1.807) is 0 Å². The molecule has 0 rings (SSSR count). The van der Waals surface area contributed by atoms with Gasteiger partial charge in [-0.15, -0.1) is 0 Å². The van der Waals surface area contributed by atoms with E-state index in [0.29, 0.717) is 0 Å². The van der Waals surface area contributed by atoms with E-state index in [1.165, 1.54) is 0 Å². The largest absolute Gasteiger partial charge is 0.503 e. The molecule has 0 atom stereocenters. The number of carboxylic acid groups (broad SMARTS) is 2. The summed E-state index contributed by atoms with van der Waals surface area (Å²) in [6, 6.07) is 0. The molecule has 8 heavy (non-hydrogen) atoms. The fourth-order valence-electron chi connectivity index (χ4n) is 0. The van der Waals surface area contributed by atoms with Crippen molar-refractivity contribution in [2.75, 3.05) is 0 Å². The van der Waals surface area contributed by atoms with Gasteiger partial charge in [0.05, 0.1) is 0 Å². The molecule has 4 radical (unpaired) electrons. The predicted octanol–water partition coefficient (Wildman–Crippen LogP) is -1.72. The lowest BCUT2D eigenvalue weighted by molar-refractivity contribution is 0.137. The molecule has 0 spiro atoms. The Morgan fingerprint density at radius 1 is 1.12 bits per heavy atom. The van der Waals surface area contributed by atoms with Crippen LogP contribution in [-0.2, 0) is 0 Å². The van der Waals surface area contributed by atoms with Gasteiger partial charge in [0.1, 0.15) is 0 Å². The molecule has 6 N–H and O–H groups in total. The third-order valence-corrected chi connectivity index (χ3v) is 0. The Kier molecular flexibility index (Phi) is 52.7. The number of carbonyl (C=O) groups is 1. The second-order valence-electron chi connectivity index (χ2n) is 0.283. The van der Waals surface area contributed by atoms with Crippen LogP contribution >= 0.6 is 0 Å². The van der Waals surface area contributed by atoms with Crippen LogP contribution in [0, 0.1) is 0 Å². The lowest BCUT2D eigenvalue weighted by Crippen LogP contribution is -1.81. The molecule has 0 aliphatic rings. The summed E-state index contributed by atoms with van der Waals surface area (Å²) in [4.78, 5) is 8.56. The van der Waals surface area contributed by atoms with Crippen molar-refractivity contribution in [2.24, 2.45) is 9.43 Å². The number of rotatable bonds is 0. The number of nitrogens with two attached hydrogens (primary N) is 2. The molecule has 7 heteroatoms. The molecule has 0 saturated carbocycles. The maximum absolute atomic E-state index is 8.56. The Bertz CT molecular complexity index is 38.3. The second-order valence-corrected chi connectivity index (χ2v) is 0.283. The van der Waals surface area contributed by atoms with Crippen LogP contribution in [0.5, 0.6) is 0 Å². The summed E-state index contributed by atoms with van der Waals surface area (Å²) in [5, 5.41) is 13.9. The third kappa shape index (κ3) is 2660. The Morgan fingerprint density at radius 2 is 1.12 bits per heavy atom. The van der Waals surface area contributed by atoms with E-state index in [2.05, 4.69) is 9.43 Å². The summed E-state index contributed by atoms with van der Waals surface area (Å²) < 4.78 is 8.83. The van der Waals surface area contributed by atoms with Gasteiger partial charge < -0.3 is 19.6 Å². The van der Waals surface area contributed by atoms with Gasteiger partial charge in [-0.2, -0.15) is 0 Å². The minimum Gasteiger partial charge on any atom is -0.450 e. The molecule has 0 unspecified atom stereocenters. The van der Waals surface area contributed by atoms with Crippen molar-refractivity contribution >= 4 is 39.2 Å². The molecule has 0 fully saturated rings. The van der Waals surface area contributed by atoms with Crippen LogP contribution < -0.4 is 9.43 Å². The van der Waals surface area contributed by atoms with Crippen LogP contribution in [0.15, 0.2) is 0 Å². The molecule has 0 aromatic heterocycles. The maximum Gasteiger partial charge on any atom is 0.503 e.